The van der Waals surface area contributed by atoms with Crippen molar-refractivity contribution in [2.45, 2.75) is 33.4 Å². The highest BCUT2D eigenvalue weighted by Gasteiger charge is 2.16. The maximum atomic E-state index is 12.3. The van der Waals surface area contributed by atoms with E-state index in [2.05, 4.69) is 60.5 Å². The van der Waals surface area contributed by atoms with Crippen LogP contribution in [0.2, 0.25) is 0 Å². The van der Waals surface area contributed by atoms with Crippen molar-refractivity contribution < 1.29 is 4.79 Å². The third kappa shape index (κ3) is 3.51. The van der Waals surface area contributed by atoms with Crippen molar-refractivity contribution in [2.24, 2.45) is 0 Å². The van der Waals surface area contributed by atoms with Crippen LogP contribution >= 0.6 is 0 Å². The van der Waals surface area contributed by atoms with E-state index in [0.717, 1.165) is 16.8 Å². The van der Waals surface area contributed by atoms with Gasteiger partial charge in [-0.15, -0.1) is 0 Å². The molecule has 1 aromatic heterocycles. The molecule has 0 radical (unpaired) electrons. The lowest BCUT2D eigenvalue weighted by Gasteiger charge is -2.19. The summed E-state index contributed by atoms with van der Waals surface area (Å²) in [5.41, 5.74) is 6.97. The van der Waals surface area contributed by atoms with Crippen LogP contribution in [-0.4, -0.2) is 35.9 Å². The number of aromatic amines is 1. The summed E-state index contributed by atoms with van der Waals surface area (Å²) in [5.74, 6) is 0.0382. The Hall–Kier alpha value is -2.59. The summed E-state index contributed by atoms with van der Waals surface area (Å²) in [6.45, 7) is 6.68. The molecule has 1 heterocycles. The molecule has 0 saturated carbocycles. The number of hydrogen-bond donors (Lipinski definition) is 2. The Balaban J connectivity index is 1.97. The van der Waals surface area contributed by atoms with Gasteiger partial charge in [0.2, 0.25) is 5.91 Å². The Bertz CT molecular complexity index is 925. The molecule has 1 amide bonds. The molecule has 0 aliphatic carbocycles. The minimum Gasteiger partial charge on any atom is -0.354 e. The van der Waals surface area contributed by atoms with Gasteiger partial charge in [0.1, 0.15) is 0 Å². The van der Waals surface area contributed by atoms with E-state index in [0.29, 0.717) is 6.54 Å². The number of hydrogen-bond acceptors (Lipinski definition) is 2. The van der Waals surface area contributed by atoms with Crippen LogP contribution in [0.4, 0.5) is 0 Å². The number of amides is 1. The van der Waals surface area contributed by atoms with E-state index in [-0.39, 0.29) is 11.9 Å². The first-order chi connectivity index (χ1) is 12.4. The van der Waals surface area contributed by atoms with Crippen LogP contribution < -0.4 is 5.32 Å². The van der Waals surface area contributed by atoms with Crippen LogP contribution in [0.15, 0.2) is 42.5 Å². The topological polar surface area (TPSA) is 48.1 Å². The molecule has 0 saturated heterocycles. The summed E-state index contributed by atoms with van der Waals surface area (Å²) in [4.78, 5) is 17.8. The van der Waals surface area contributed by atoms with Gasteiger partial charge in [-0.05, 0) is 57.6 Å². The molecular weight excluding hydrogens is 322 g/mol. The van der Waals surface area contributed by atoms with Gasteiger partial charge in [-0.25, -0.2) is 0 Å². The zero-order chi connectivity index (χ0) is 18.8. The normalized spacial score (nSPS) is 12.5. The molecule has 0 fully saturated rings. The second kappa shape index (κ2) is 7.34. The molecule has 2 N–H and O–H groups in total. The van der Waals surface area contributed by atoms with E-state index in [9.17, 15) is 4.79 Å². The molecule has 0 unspecified atom stereocenters. The number of aryl methyl sites for hydroxylation is 2. The van der Waals surface area contributed by atoms with Crippen molar-refractivity contribution in [1.29, 1.82) is 0 Å². The molecular formula is C22H27N3O. The van der Waals surface area contributed by atoms with Crippen LogP contribution in [0.1, 0.15) is 23.6 Å². The summed E-state index contributed by atoms with van der Waals surface area (Å²) in [6, 6.07) is 14.6. The third-order valence-electron chi connectivity index (χ3n) is 5.06. The van der Waals surface area contributed by atoms with Gasteiger partial charge in [0.05, 0.1) is 11.6 Å². The average molecular weight is 349 g/mol. The van der Waals surface area contributed by atoms with E-state index in [1.165, 1.54) is 22.1 Å². The van der Waals surface area contributed by atoms with Crippen molar-refractivity contribution in [1.82, 2.24) is 15.2 Å². The fourth-order valence-electron chi connectivity index (χ4n) is 3.26. The number of carbonyl (C=O) groups excluding carboxylic acids is 1. The zero-order valence-corrected chi connectivity index (χ0v) is 16.2. The first-order valence-electron chi connectivity index (χ1n) is 9.00. The van der Waals surface area contributed by atoms with E-state index in [4.69, 9.17) is 0 Å². The van der Waals surface area contributed by atoms with E-state index in [1.54, 1.807) is 0 Å². The molecule has 0 aliphatic rings. The smallest absolute Gasteiger partial charge is 0.237 e. The monoisotopic (exact) mass is 349 g/mol. The van der Waals surface area contributed by atoms with E-state index < -0.39 is 0 Å². The first kappa shape index (κ1) is 18.2. The second-order valence-electron chi connectivity index (χ2n) is 7.20. The number of likely N-dealkylation sites (N-methyl/N-ethyl adjacent to an activating group) is 1. The molecule has 136 valence electrons. The van der Waals surface area contributed by atoms with Crippen LogP contribution in [-0.2, 0) is 11.3 Å². The van der Waals surface area contributed by atoms with Crippen molar-refractivity contribution in [3.63, 3.8) is 0 Å². The van der Waals surface area contributed by atoms with Crippen molar-refractivity contribution in [2.75, 3.05) is 14.1 Å². The number of rotatable bonds is 5. The zero-order valence-electron chi connectivity index (χ0n) is 16.2. The highest BCUT2D eigenvalue weighted by atomic mass is 16.2. The molecule has 1 atom stereocenters. The molecule has 0 aliphatic heterocycles. The molecule has 4 heteroatoms. The lowest BCUT2D eigenvalue weighted by Crippen LogP contribution is -2.41. The minimum absolute atomic E-state index is 0.0382. The number of nitrogens with one attached hydrogen (secondary N) is 2. The van der Waals surface area contributed by atoms with Crippen molar-refractivity contribution >= 4 is 16.8 Å². The summed E-state index contributed by atoms with van der Waals surface area (Å²) in [7, 11) is 3.82. The number of benzene rings is 2. The molecule has 2 aromatic carbocycles. The predicted octanol–water partition coefficient (Wildman–Crippen LogP) is 4.02. The van der Waals surface area contributed by atoms with E-state index in [1.807, 2.05) is 32.0 Å². The fraction of sp³-hybridized carbons (Fsp3) is 0.318. The van der Waals surface area contributed by atoms with Gasteiger partial charge in [-0.1, -0.05) is 42.0 Å². The largest absolute Gasteiger partial charge is 0.354 e. The summed E-state index contributed by atoms with van der Waals surface area (Å²) >= 11 is 0. The Morgan fingerprint density at radius 1 is 1.15 bits per heavy atom. The standard InChI is InChI=1S/C22H27N3O/c1-14-11-18(13-23-22(26)16(3)25(4)5)21-19(12-14)15(2)20(24-21)17-9-7-6-8-10-17/h6-12,16,24H,13H2,1-5H3,(H,23,26)/t16-/m1/s1. The highest BCUT2D eigenvalue weighted by molar-refractivity contribution is 5.93. The SMILES string of the molecule is Cc1cc(CNC(=O)[C@@H](C)N(C)C)c2[nH]c(-c3ccccc3)c(C)c2c1. The summed E-state index contributed by atoms with van der Waals surface area (Å²) in [6.07, 6.45) is 0. The minimum atomic E-state index is -0.152. The number of aromatic nitrogens is 1. The van der Waals surface area contributed by atoms with Gasteiger partial charge in [0, 0.05) is 17.6 Å². The fourth-order valence-corrected chi connectivity index (χ4v) is 3.26. The maximum absolute atomic E-state index is 12.3. The molecule has 3 aromatic rings. The number of carbonyl (C=O) groups is 1. The predicted molar refractivity (Wildman–Crippen MR) is 108 cm³/mol. The van der Waals surface area contributed by atoms with Crippen LogP contribution in [0, 0.1) is 13.8 Å². The van der Waals surface area contributed by atoms with Crippen LogP contribution in [0.5, 0.6) is 0 Å². The number of nitrogens with zero attached hydrogens (tertiary/aromatic N) is 1. The lowest BCUT2D eigenvalue weighted by atomic mass is 10.0. The van der Waals surface area contributed by atoms with Gasteiger partial charge < -0.3 is 10.3 Å². The molecule has 0 spiro atoms. The molecule has 4 nitrogen and oxygen atoms in total. The molecule has 26 heavy (non-hydrogen) atoms. The second-order valence-corrected chi connectivity index (χ2v) is 7.20. The summed E-state index contributed by atoms with van der Waals surface area (Å²) in [5, 5.41) is 4.28. The lowest BCUT2D eigenvalue weighted by molar-refractivity contribution is -0.125. The quantitative estimate of drug-likeness (QED) is 0.731. The molecule has 3 rings (SSSR count). The van der Waals surface area contributed by atoms with Crippen LogP contribution in [0.25, 0.3) is 22.2 Å². The Labute approximate surface area is 155 Å². The van der Waals surface area contributed by atoms with Gasteiger partial charge >= 0.3 is 0 Å². The molecule has 0 bridgehead atoms. The van der Waals surface area contributed by atoms with Gasteiger partial charge in [0.25, 0.3) is 0 Å². The van der Waals surface area contributed by atoms with Crippen molar-refractivity contribution in [3.05, 3.63) is 59.2 Å². The first-order valence-corrected chi connectivity index (χ1v) is 9.00. The Kier molecular flexibility index (Phi) is 5.14. The summed E-state index contributed by atoms with van der Waals surface area (Å²) < 4.78 is 0. The Morgan fingerprint density at radius 3 is 2.50 bits per heavy atom. The number of fused-ring (bicyclic) bond motifs is 1. The van der Waals surface area contributed by atoms with Gasteiger partial charge in [-0.3, -0.25) is 9.69 Å². The van der Waals surface area contributed by atoms with Gasteiger partial charge in [-0.2, -0.15) is 0 Å². The van der Waals surface area contributed by atoms with Gasteiger partial charge in [0.15, 0.2) is 0 Å². The highest BCUT2D eigenvalue weighted by Crippen LogP contribution is 2.32. The number of H-pyrrole nitrogens is 1. The van der Waals surface area contributed by atoms with Crippen LogP contribution in [0.3, 0.4) is 0 Å². The third-order valence-corrected chi connectivity index (χ3v) is 5.06. The Morgan fingerprint density at radius 2 is 1.85 bits per heavy atom. The van der Waals surface area contributed by atoms with E-state index >= 15 is 0 Å². The maximum Gasteiger partial charge on any atom is 0.237 e. The van der Waals surface area contributed by atoms with Crippen molar-refractivity contribution in [3.8, 4) is 11.3 Å². The average Bonchev–Trinajstić information content (AvgIpc) is 2.96.